The summed E-state index contributed by atoms with van der Waals surface area (Å²) in [6.45, 7) is 2.47. The van der Waals surface area contributed by atoms with Crippen molar-refractivity contribution in [2.45, 2.75) is 32.2 Å². The molecule has 2 heterocycles. The van der Waals surface area contributed by atoms with Gasteiger partial charge in [-0.3, -0.25) is 9.59 Å². The Morgan fingerprint density at radius 2 is 2.23 bits per heavy atom. The zero-order valence-electron chi connectivity index (χ0n) is 12.2. The van der Waals surface area contributed by atoms with Gasteiger partial charge in [0.1, 0.15) is 11.9 Å². The van der Waals surface area contributed by atoms with Crippen molar-refractivity contribution >= 4 is 33.2 Å². The molecular weight excluding hydrogens is 303 g/mol. The highest BCUT2D eigenvalue weighted by Crippen LogP contribution is 2.31. The highest BCUT2D eigenvalue weighted by molar-refractivity contribution is 7.21. The van der Waals surface area contributed by atoms with Crippen LogP contribution in [0.25, 0.3) is 10.1 Å². The molecule has 3 rings (SSSR count). The first-order chi connectivity index (χ1) is 10.6. The number of halogens is 1. The summed E-state index contributed by atoms with van der Waals surface area (Å²) >= 11 is 1.33. The Morgan fingerprint density at radius 1 is 1.41 bits per heavy atom. The molecule has 0 saturated carbocycles. The minimum atomic E-state index is -0.489. The molecule has 2 N–H and O–H groups in total. The van der Waals surface area contributed by atoms with Crippen LogP contribution >= 0.6 is 11.3 Å². The molecule has 1 atom stereocenters. The van der Waals surface area contributed by atoms with E-state index in [9.17, 15) is 14.0 Å². The van der Waals surface area contributed by atoms with Crippen LogP contribution in [0.2, 0.25) is 0 Å². The molecule has 1 unspecified atom stereocenters. The molecule has 0 radical (unpaired) electrons. The topological polar surface area (TPSA) is 58.2 Å². The second-order valence-electron chi connectivity index (χ2n) is 5.51. The molecule has 4 nitrogen and oxygen atoms in total. The van der Waals surface area contributed by atoms with Crippen LogP contribution in [-0.4, -0.2) is 24.4 Å². The highest BCUT2D eigenvalue weighted by Gasteiger charge is 2.24. The number of thiophene rings is 1. The van der Waals surface area contributed by atoms with E-state index in [1.807, 2.05) is 0 Å². The van der Waals surface area contributed by atoms with Crippen LogP contribution < -0.4 is 10.6 Å². The maximum atomic E-state index is 13.3. The van der Waals surface area contributed by atoms with E-state index in [0.717, 1.165) is 28.5 Å². The summed E-state index contributed by atoms with van der Waals surface area (Å²) in [4.78, 5) is 24.9. The van der Waals surface area contributed by atoms with Gasteiger partial charge in [-0.25, -0.2) is 4.39 Å². The van der Waals surface area contributed by atoms with Crippen LogP contribution in [0.4, 0.5) is 4.39 Å². The average Bonchev–Trinajstić information content (AvgIpc) is 2.68. The Labute approximate surface area is 131 Å². The van der Waals surface area contributed by atoms with Crippen LogP contribution in [0.15, 0.2) is 18.2 Å². The second kappa shape index (κ2) is 6.04. The third-order valence-corrected chi connectivity index (χ3v) is 5.22. The van der Waals surface area contributed by atoms with Crippen LogP contribution in [0.3, 0.4) is 0 Å². The number of benzene rings is 1. The fourth-order valence-corrected chi connectivity index (χ4v) is 3.80. The number of aryl methyl sites for hydroxylation is 1. The summed E-state index contributed by atoms with van der Waals surface area (Å²) < 4.78 is 14.2. The highest BCUT2D eigenvalue weighted by atomic mass is 32.1. The van der Waals surface area contributed by atoms with Gasteiger partial charge in [-0.1, -0.05) is 0 Å². The number of rotatable bonds is 2. The smallest absolute Gasteiger partial charge is 0.262 e. The number of nitrogens with one attached hydrogen (secondary N) is 2. The first-order valence-electron chi connectivity index (χ1n) is 7.33. The molecular formula is C16H17FN2O2S. The van der Waals surface area contributed by atoms with Gasteiger partial charge in [0.15, 0.2) is 0 Å². The standard InChI is InChI=1S/C16H17FN2O2S/c1-9-11-8-10(17)5-6-13(11)22-14(9)16(21)19-12-4-2-3-7-18-15(12)20/h5-6,8,12H,2-4,7H2,1H3,(H,18,20)(H,19,21). The normalized spacial score (nSPS) is 18.8. The molecule has 1 aliphatic heterocycles. The third kappa shape index (κ3) is 2.83. The third-order valence-electron chi connectivity index (χ3n) is 3.95. The van der Waals surface area contributed by atoms with Crippen LogP contribution in [0, 0.1) is 12.7 Å². The van der Waals surface area contributed by atoms with E-state index in [2.05, 4.69) is 10.6 Å². The van der Waals surface area contributed by atoms with E-state index in [0.29, 0.717) is 17.8 Å². The minimum Gasteiger partial charge on any atom is -0.354 e. The number of hydrogen-bond donors (Lipinski definition) is 2. The predicted molar refractivity (Wildman–Crippen MR) is 84.6 cm³/mol. The van der Waals surface area contributed by atoms with Gasteiger partial charge in [-0.15, -0.1) is 11.3 Å². The van der Waals surface area contributed by atoms with Gasteiger partial charge in [0.05, 0.1) is 4.88 Å². The lowest BCUT2D eigenvalue weighted by molar-refractivity contribution is -0.122. The predicted octanol–water partition coefficient (Wildman–Crippen LogP) is 2.75. The molecule has 0 bridgehead atoms. The van der Waals surface area contributed by atoms with Gasteiger partial charge in [-0.2, -0.15) is 0 Å². The molecule has 116 valence electrons. The molecule has 6 heteroatoms. The largest absolute Gasteiger partial charge is 0.354 e. The van der Waals surface area contributed by atoms with Crippen molar-refractivity contribution in [2.24, 2.45) is 0 Å². The van der Waals surface area contributed by atoms with Crippen molar-refractivity contribution in [1.82, 2.24) is 10.6 Å². The lowest BCUT2D eigenvalue weighted by Crippen LogP contribution is -2.45. The molecule has 22 heavy (non-hydrogen) atoms. The van der Waals surface area contributed by atoms with Gasteiger partial charge >= 0.3 is 0 Å². The van der Waals surface area contributed by atoms with Crippen LogP contribution in [0.1, 0.15) is 34.5 Å². The molecule has 2 aromatic rings. The van der Waals surface area contributed by atoms with Crippen molar-refractivity contribution in [3.63, 3.8) is 0 Å². The number of carbonyl (C=O) groups is 2. The molecule has 1 saturated heterocycles. The summed E-state index contributed by atoms with van der Waals surface area (Å²) in [7, 11) is 0. The number of amides is 2. The van der Waals surface area contributed by atoms with E-state index < -0.39 is 6.04 Å². The Hall–Kier alpha value is -1.95. The first-order valence-corrected chi connectivity index (χ1v) is 8.15. The average molecular weight is 320 g/mol. The van der Waals surface area contributed by atoms with Crippen molar-refractivity contribution < 1.29 is 14.0 Å². The minimum absolute atomic E-state index is 0.129. The number of fused-ring (bicyclic) bond motifs is 1. The number of carbonyl (C=O) groups excluding carboxylic acids is 2. The maximum absolute atomic E-state index is 13.3. The molecule has 1 aromatic heterocycles. The van der Waals surface area contributed by atoms with E-state index in [4.69, 9.17) is 0 Å². The first kappa shape index (κ1) is 15.0. The van der Waals surface area contributed by atoms with E-state index >= 15 is 0 Å². The molecule has 0 aliphatic carbocycles. The van der Waals surface area contributed by atoms with Gasteiger partial charge in [-0.05, 0) is 55.3 Å². The van der Waals surface area contributed by atoms with Crippen molar-refractivity contribution in [1.29, 1.82) is 0 Å². The molecule has 0 spiro atoms. The summed E-state index contributed by atoms with van der Waals surface area (Å²) in [5.41, 5.74) is 0.756. The van der Waals surface area contributed by atoms with E-state index in [-0.39, 0.29) is 17.6 Å². The quantitative estimate of drug-likeness (QED) is 0.894. The molecule has 2 amide bonds. The lowest BCUT2D eigenvalue weighted by atomic mass is 10.1. The molecule has 1 aromatic carbocycles. The monoisotopic (exact) mass is 320 g/mol. The van der Waals surface area contributed by atoms with Crippen molar-refractivity contribution in [2.75, 3.05) is 6.54 Å². The zero-order chi connectivity index (χ0) is 15.7. The van der Waals surface area contributed by atoms with Gasteiger partial charge in [0, 0.05) is 11.2 Å². The second-order valence-corrected chi connectivity index (χ2v) is 6.56. The van der Waals surface area contributed by atoms with Gasteiger partial charge in [0.2, 0.25) is 5.91 Å². The fraction of sp³-hybridized carbons (Fsp3) is 0.375. The Balaban J connectivity index is 1.85. The van der Waals surface area contributed by atoms with Crippen molar-refractivity contribution in [3.05, 3.63) is 34.5 Å². The number of hydrogen-bond acceptors (Lipinski definition) is 3. The fourth-order valence-electron chi connectivity index (χ4n) is 2.71. The van der Waals surface area contributed by atoms with Crippen LogP contribution in [0.5, 0.6) is 0 Å². The van der Waals surface area contributed by atoms with E-state index in [1.54, 1.807) is 13.0 Å². The summed E-state index contributed by atoms with van der Waals surface area (Å²) in [6, 6.07) is 4.02. The molecule has 1 fully saturated rings. The van der Waals surface area contributed by atoms with Crippen molar-refractivity contribution in [3.8, 4) is 0 Å². The Bertz CT molecular complexity index is 741. The molecule has 1 aliphatic rings. The summed E-state index contributed by atoms with van der Waals surface area (Å²) in [6.07, 6.45) is 2.48. The SMILES string of the molecule is Cc1c(C(=O)NC2CCCCNC2=O)sc2ccc(F)cc12. The Kier molecular flexibility index (Phi) is 4.11. The van der Waals surface area contributed by atoms with Crippen LogP contribution in [-0.2, 0) is 4.79 Å². The maximum Gasteiger partial charge on any atom is 0.262 e. The summed E-state index contributed by atoms with van der Waals surface area (Å²) in [5.74, 6) is -0.708. The van der Waals surface area contributed by atoms with Gasteiger partial charge < -0.3 is 10.6 Å². The Morgan fingerprint density at radius 3 is 3.05 bits per heavy atom. The zero-order valence-corrected chi connectivity index (χ0v) is 13.1. The van der Waals surface area contributed by atoms with E-state index in [1.165, 1.54) is 23.5 Å². The summed E-state index contributed by atoms with van der Waals surface area (Å²) in [5, 5.41) is 6.36. The van der Waals surface area contributed by atoms with Gasteiger partial charge in [0.25, 0.3) is 5.91 Å². The lowest BCUT2D eigenvalue weighted by Gasteiger charge is -2.14.